The molecule has 4 heterocycles. The normalized spacial score (nSPS) is 14.5. The molecule has 1 aliphatic rings. The molecule has 5 rings (SSSR count). The number of hydrogen-bond acceptors (Lipinski definition) is 5. The van der Waals surface area contributed by atoms with Crippen LogP contribution in [0.1, 0.15) is 16.1 Å². The summed E-state index contributed by atoms with van der Waals surface area (Å²) in [4.78, 5) is 21.3. The van der Waals surface area contributed by atoms with Gasteiger partial charge in [0.1, 0.15) is 5.52 Å². The lowest BCUT2D eigenvalue weighted by molar-refractivity contribution is 0.0994. The molecule has 0 unspecified atom stereocenters. The average Bonchev–Trinajstić information content (AvgIpc) is 3.34. The van der Waals surface area contributed by atoms with Crippen LogP contribution >= 0.6 is 0 Å². The molecular weight excluding hydrogens is 397 g/mol. The zero-order chi connectivity index (χ0) is 21.7. The van der Waals surface area contributed by atoms with Crippen LogP contribution in [0.25, 0.3) is 16.6 Å². The Bertz CT molecular complexity index is 1300. The van der Waals surface area contributed by atoms with Crippen molar-refractivity contribution in [3.05, 3.63) is 53.9 Å². The van der Waals surface area contributed by atoms with Gasteiger partial charge >= 0.3 is 0 Å². The van der Waals surface area contributed by atoms with Gasteiger partial charge in [-0.25, -0.2) is 9.37 Å². The quantitative estimate of drug-likeness (QED) is 0.550. The number of pyridine rings is 1. The fourth-order valence-corrected chi connectivity index (χ4v) is 4.21. The second-order valence-corrected chi connectivity index (χ2v) is 7.96. The van der Waals surface area contributed by atoms with E-state index in [2.05, 4.69) is 20.3 Å². The van der Waals surface area contributed by atoms with Gasteiger partial charge in [0.25, 0.3) is 5.91 Å². The molecule has 8 nitrogen and oxygen atoms in total. The second kappa shape index (κ2) is 7.35. The molecule has 3 aromatic heterocycles. The molecule has 1 fully saturated rings. The third kappa shape index (κ3) is 3.31. The van der Waals surface area contributed by atoms with Gasteiger partial charge in [0, 0.05) is 76.0 Å². The van der Waals surface area contributed by atoms with Crippen LogP contribution in [0.15, 0.2) is 36.8 Å². The summed E-state index contributed by atoms with van der Waals surface area (Å²) >= 11 is 0. The average molecular weight is 421 g/mol. The number of hydrogen-bond donors (Lipinski definition) is 1. The first-order valence-electron chi connectivity index (χ1n) is 10.3. The zero-order valence-corrected chi connectivity index (χ0v) is 17.8. The molecule has 1 saturated heterocycles. The lowest BCUT2D eigenvalue weighted by Crippen LogP contribution is -2.43. The van der Waals surface area contributed by atoms with Crippen molar-refractivity contribution in [2.24, 2.45) is 7.05 Å². The largest absolute Gasteiger partial charge is 0.368 e. The highest BCUT2D eigenvalue weighted by Gasteiger charge is 2.23. The van der Waals surface area contributed by atoms with Crippen LogP contribution in [0, 0.1) is 12.7 Å². The van der Waals surface area contributed by atoms with Crippen molar-refractivity contribution in [3.8, 4) is 0 Å². The lowest BCUT2D eigenvalue weighted by atomic mass is 10.1. The van der Waals surface area contributed by atoms with Crippen LogP contribution < -0.4 is 15.1 Å². The van der Waals surface area contributed by atoms with Gasteiger partial charge in [-0.15, -0.1) is 0 Å². The van der Waals surface area contributed by atoms with E-state index in [0.29, 0.717) is 22.5 Å². The maximum atomic E-state index is 14.6. The number of halogens is 1. The number of imidazole rings is 1. The number of anilines is 2. The van der Waals surface area contributed by atoms with E-state index < -0.39 is 5.82 Å². The van der Waals surface area contributed by atoms with E-state index in [0.717, 1.165) is 37.3 Å². The van der Waals surface area contributed by atoms with Crippen molar-refractivity contribution in [1.29, 1.82) is 0 Å². The third-order valence-corrected chi connectivity index (χ3v) is 5.76. The van der Waals surface area contributed by atoms with Crippen LogP contribution in [-0.4, -0.2) is 58.3 Å². The molecule has 0 saturated carbocycles. The molecule has 0 spiro atoms. The molecule has 160 valence electrons. The zero-order valence-electron chi connectivity index (χ0n) is 17.8. The monoisotopic (exact) mass is 421 g/mol. The predicted molar refractivity (Wildman–Crippen MR) is 118 cm³/mol. The maximum Gasteiger partial charge on any atom is 0.260 e. The number of aromatic nitrogens is 4. The minimum Gasteiger partial charge on any atom is -0.368 e. The van der Waals surface area contributed by atoms with Gasteiger partial charge in [-0.3, -0.25) is 9.48 Å². The number of nitrogens with one attached hydrogen (secondary N) is 1. The smallest absolute Gasteiger partial charge is 0.260 e. The summed E-state index contributed by atoms with van der Waals surface area (Å²) in [5.74, 6) is -0.714. The molecule has 1 amide bonds. The van der Waals surface area contributed by atoms with Crippen molar-refractivity contribution < 1.29 is 9.18 Å². The first kappa shape index (κ1) is 19.5. The highest BCUT2D eigenvalue weighted by molar-refractivity contribution is 6.14. The lowest BCUT2D eigenvalue weighted by Gasteiger charge is -2.30. The molecule has 9 heteroatoms. The topological polar surface area (TPSA) is 70.7 Å². The van der Waals surface area contributed by atoms with Crippen LogP contribution in [0.2, 0.25) is 0 Å². The highest BCUT2D eigenvalue weighted by atomic mass is 19.1. The first-order valence-corrected chi connectivity index (χ1v) is 10.3. The molecule has 0 aliphatic carbocycles. The molecule has 1 aromatic carbocycles. The van der Waals surface area contributed by atoms with Crippen LogP contribution in [0.3, 0.4) is 0 Å². The SMILES string of the molecule is Cc1cn2cc(N(C)C(=O)c3ccc(N4CCNCC4)c4cn(C)nc34)cc(F)c2n1. The van der Waals surface area contributed by atoms with Gasteiger partial charge in [-0.1, -0.05) is 0 Å². The molecule has 4 aromatic rings. The molecule has 0 bridgehead atoms. The fourth-order valence-electron chi connectivity index (χ4n) is 4.21. The van der Waals surface area contributed by atoms with E-state index >= 15 is 0 Å². The van der Waals surface area contributed by atoms with Crippen molar-refractivity contribution in [1.82, 2.24) is 24.5 Å². The Morgan fingerprint density at radius 1 is 1.19 bits per heavy atom. The number of benzene rings is 1. The molecule has 1 N–H and O–H groups in total. The van der Waals surface area contributed by atoms with E-state index in [-0.39, 0.29) is 11.6 Å². The number of fused-ring (bicyclic) bond motifs is 2. The molecule has 31 heavy (non-hydrogen) atoms. The predicted octanol–water partition coefficient (Wildman–Crippen LogP) is 2.35. The standard InChI is InChI=1S/C22H24FN7O/c1-14-11-30-12-15(10-18(23)21(30)25-14)28(3)22(31)16-4-5-19(29-8-6-24-7-9-29)17-13-27(2)26-20(16)17/h4-5,10-13,24H,6-9H2,1-3H3. The summed E-state index contributed by atoms with van der Waals surface area (Å²) in [6.07, 6.45) is 5.39. The van der Waals surface area contributed by atoms with Crippen LogP contribution in [0.5, 0.6) is 0 Å². The van der Waals surface area contributed by atoms with Crippen LogP contribution in [-0.2, 0) is 7.05 Å². The Hall–Kier alpha value is -3.46. The van der Waals surface area contributed by atoms with Gasteiger partial charge in [0.2, 0.25) is 0 Å². The summed E-state index contributed by atoms with van der Waals surface area (Å²) in [6.45, 7) is 5.46. The third-order valence-electron chi connectivity index (χ3n) is 5.76. The van der Waals surface area contributed by atoms with Crippen molar-refractivity contribution in [2.45, 2.75) is 6.92 Å². The summed E-state index contributed by atoms with van der Waals surface area (Å²) < 4.78 is 17.9. The Morgan fingerprint density at radius 2 is 1.97 bits per heavy atom. The van der Waals surface area contributed by atoms with E-state index in [1.165, 1.54) is 11.0 Å². The number of amides is 1. The van der Waals surface area contributed by atoms with E-state index in [4.69, 9.17) is 0 Å². The van der Waals surface area contributed by atoms with Crippen molar-refractivity contribution in [3.63, 3.8) is 0 Å². The van der Waals surface area contributed by atoms with Gasteiger partial charge in [0.05, 0.1) is 16.9 Å². The van der Waals surface area contributed by atoms with Gasteiger partial charge < -0.3 is 19.5 Å². The number of carbonyl (C=O) groups is 1. The summed E-state index contributed by atoms with van der Waals surface area (Å²) in [5.41, 5.74) is 3.61. The van der Waals surface area contributed by atoms with E-state index in [9.17, 15) is 9.18 Å². The van der Waals surface area contributed by atoms with E-state index in [1.54, 1.807) is 35.4 Å². The highest BCUT2D eigenvalue weighted by Crippen LogP contribution is 2.30. The van der Waals surface area contributed by atoms with Crippen molar-refractivity contribution in [2.75, 3.05) is 43.0 Å². The number of aryl methyl sites for hydroxylation is 2. The molecular formula is C22H24FN7O. The van der Waals surface area contributed by atoms with Gasteiger partial charge in [-0.2, -0.15) is 5.10 Å². The summed E-state index contributed by atoms with van der Waals surface area (Å²) in [5, 5.41) is 8.87. The van der Waals surface area contributed by atoms with Gasteiger partial charge in [0.15, 0.2) is 11.5 Å². The Morgan fingerprint density at radius 3 is 2.74 bits per heavy atom. The van der Waals surface area contributed by atoms with Crippen LogP contribution in [0.4, 0.5) is 15.8 Å². The summed E-state index contributed by atoms with van der Waals surface area (Å²) in [6, 6.07) is 5.14. The Kier molecular flexibility index (Phi) is 4.62. The minimum absolute atomic E-state index is 0.244. The number of nitrogens with zero attached hydrogens (tertiary/aromatic N) is 6. The molecule has 1 aliphatic heterocycles. The maximum absolute atomic E-state index is 14.6. The van der Waals surface area contributed by atoms with Crippen molar-refractivity contribution >= 4 is 33.8 Å². The van der Waals surface area contributed by atoms with E-state index in [1.807, 2.05) is 25.4 Å². The Labute approximate surface area is 178 Å². The second-order valence-electron chi connectivity index (χ2n) is 7.96. The fraction of sp³-hybridized carbons (Fsp3) is 0.318. The number of piperazine rings is 1. The van der Waals surface area contributed by atoms with Gasteiger partial charge in [-0.05, 0) is 19.1 Å². The molecule has 0 atom stereocenters. The number of carbonyl (C=O) groups excluding carboxylic acids is 1. The number of rotatable bonds is 3. The Balaban J connectivity index is 1.55. The molecule has 0 radical (unpaired) electrons. The minimum atomic E-state index is -0.470. The first-order chi connectivity index (χ1) is 14.9. The summed E-state index contributed by atoms with van der Waals surface area (Å²) in [7, 11) is 3.50.